The summed E-state index contributed by atoms with van der Waals surface area (Å²) >= 11 is 0. The van der Waals surface area contributed by atoms with Gasteiger partial charge in [0.15, 0.2) is 0 Å². The Morgan fingerprint density at radius 2 is 1.52 bits per heavy atom. The monoisotopic (exact) mass is 360 g/mol. The average molecular weight is 360 g/mol. The molecular weight excluding hydrogens is 336 g/mol. The van der Waals surface area contributed by atoms with Gasteiger partial charge in [0, 0.05) is 44.8 Å². The Kier molecular flexibility index (Phi) is 6.05. The smallest absolute Gasteiger partial charge is 0.252 e. The van der Waals surface area contributed by atoms with Crippen LogP contribution in [0.2, 0.25) is 0 Å². The molecule has 27 heavy (non-hydrogen) atoms. The van der Waals surface area contributed by atoms with Crippen molar-refractivity contribution in [1.29, 1.82) is 0 Å². The number of carbonyl (C=O) groups excluding carboxylic acids is 1. The van der Waals surface area contributed by atoms with Crippen molar-refractivity contribution < 1.29 is 4.79 Å². The quantitative estimate of drug-likeness (QED) is 0.698. The zero-order valence-electron chi connectivity index (χ0n) is 15.7. The number of nitrogens with zero attached hydrogens (tertiary/aromatic N) is 3. The standard InChI is InChI=1S/C22H24N4O/c1-25(19-9-5-3-6-10-19)16-15-23-22(27)18-13-14-21(24-17-18)26(2)20-11-7-4-8-12-20/h3-14,17H,15-16H2,1-2H3,(H,23,27). The van der Waals surface area contributed by atoms with Crippen LogP contribution in [0.3, 0.4) is 0 Å². The Hall–Kier alpha value is -3.34. The molecule has 1 heterocycles. The number of carbonyl (C=O) groups is 1. The lowest BCUT2D eigenvalue weighted by Crippen LogP contribution is -2.33. The summed E-state index contributed by atoms with van der Waals surface area (Å²) in [7, 11) is 3.97. The van der Waals surface area contributed by atoms with E-state index in [1.54, 1.807) is 12.3 Å². The van der Waals surface area contributed by atoms with Crippen LogP contribution in [0.4, 0.5) is 17.2 Å². The van der Waals surface area contributed by atoms with E-state index >= 15 is 0 Å². The number of anilines is 3. The molecule has 5 nitrogen and oxygen atoms in total. The van der Waals surface area contributed by atoms with Crippen molar-refractivity contribution in [1.82, 2.24) is 10.3 Å². The number of benzene rings is 2. The van der Waals surface area contributed by atoms with Gasteiger partial charge in [-0.05, 0) is 36.4 Å². The lowest BCUT2D eigenvalue weighted by Gasteiger charge is -2.19. The number of hydrogen-bond acceptors (Lipinski definition) is 4. The topological polar surface area (TPSA) is 48.5 Å². The predicted molar refractivity (Wildman–Crippen MR) is 111 cm³/mol. The number of aromatic nitrogens is 1. The zero-order chi connectivity index (χ0) is 19.1. The summed E-state index contributed by atoms with van der Waals surface area (Å²) in [5.41, 5.74) is 2.73. The minimum atomic E-state index is -0.113. The molecule has 5 heteroatoms. The Morgan fingerprint density at radius 3 is 2.11 bits per heavy atom. The molecule has 0 saturated heterocycles. The molecule has 0 aliphatic rings. The van der Waals surface area contributed by atoms with Gasteiger partial charge in [-0.25, -0.2) is 4.98 Å². The molecule has 1 N–H and O–H groups in total. The van der Waals surface area contributed by atoms with E-state index < -0.39 is 0 Å². The normalized spacial score (nSPS) is 10.3. The van der Waals surface area contributed by atoms with Gasteiger partial charge in [0.2, 0.25) is 0 Å². The van der Waals surface area contributed by atoms with Gasteiger partial charge in [-0.2, -0.15) is 0 Å². The highest BCUT2D eigenvalue weighted by Gasteiger charge is 2.09. The number of pyridine rings is 1. The minimum Gasteiger partial charge on any atom is -0.373 e. The molecule has 3 rings (SSSR count). The van der Waals surface area contributed by atoms with Crippen molar-refractivity contribution in [3.63, 3.8) is 0 Å². The average Bonchev–Trinajstić information content (AvgIpc) is 2.74. The molecule has 138 valence electrons. The fourth-order valence-corrected chi connectivity index (χ4v) is 2.75. The van der Waals surface area contributed by atoms with Crippen LogP contribution in [-0.4, -0.2) is 38.1 Å². The van der Waals surface area contributed by atoms with E-state index in [-0.39, 0.29) is 5.91 Å². The first-order valence-electron chi connectivity index (χ1n) is 8.94. The molecule has 0 fully saturated rings. The number of amides is 1. The number of para-hydroxylation sites is 2. The van der Waals surface area contributed by atoms with Gasteiger partial charge < -0.3 is 15.1 Å². The summed E-state index contributed by atoms with van der Waals surface area (Å²) in [6.07, 6.45) is 1.62. The number of nitrogens with one attached hydrogen (secondary N) is 1. The Morgan fingerprint density at radius 1 is 0.889 bits per heavy atom. The molecule has 0 atom stereocenters. The van der Waals surface area contributed by atoms with E-state index in [1.807, 2.05) is 85.7 Å². The van der Waals surface area contributed by atoms with E-state index in [1.165, 1.54) is 0 Å². The highest BCUT2D eigenvalue weighted by molar-refractivity contribution is 5.94. The number of hydrogen-bond donors (Lipinski definition) is 1. The largest absolute Gasteiger partial charge is 0.373 e. The molecule has 0 spiro atoms. The van der Waals surface area contributed by atoms with Crippen LogP contribution >= 0.6 is 0 Å². The third kappa shape index (κ3) is 4.85. The zero-order valence-corrected chi connectivity index (χ0v) is 15.7. The summed E-state index contributed by atoms with van der Waals surface area (Å²) in [6, 6.07) is 23.8. The SMILES string of the molecule is CN(CCNC(=O)c1ccc(N(C)c2ccccc2)nc1)c1ccccc1. The van der Waals surface area contributed by atoms with Crippen LogP contribution in [0.1, 0.15) is 10.4 Å². The molecular formula is C22H24N4O. The van der Waals surface area contributed by atoms with E-state index in [9.17, 15) is 4.79 Å². The van der Waals surface area contributed by atoms with Crippen LogP contribution in [0.25, 0.3) is 0 Å². The van der Waals surface area contributed by atoms with Crippen LogP contribution in [-0.2, 0) is 0 Å². The van der Waals surface area contributed by atoms with E-state index in [4.69, 9.17) is 0 Å². The van der Waals surface area contributed by atoms with Crippen molar-refractivity contribution in [2.24, 2.45) is 0 Å². The molecule has 3 aromatic rings. The molecule has 1 amide bonds. The lowest BCUT2D eigenvalue weighted by atomic mass is 10.2. The second-order valence-electron chi connectivity index (χ2n) is 6.31. The van der Waals surface area contributed by atoms with Crippen molar-refractivity contribution in [3.8, 4) is 0 Å². The minimum absolute atomic E-state index is 0.113. The summed E-state index contributed by atoms with van der Waals surface area (Å²) < 4.78 is 0. The third-order valence-electron chi connectivity index (χ3n) is 4.43. The molecule has 0 unspecified atom stereocenters. The predicted octanol–water partition coefficient (Wildman–Crippen LogP) is 3.72. The first-order chi connectivity index (χ1) is 13.1. The highest BCUT2D eigenvalue weighted by atomic mass is 16.1. The maximum absolute atomic E-state index is 12.3. The van der Waals surface area contributed by atoms with Gasteiger partial charge in [-0.1, -0.05) is 36.4 Å². The van der Waals surface area contributed by atoms with Gasteiger partial charge in [-0.15, -0.1) is 0 Å². The van der Waals surface area contributed by atoms with Gasteiger partial charge in [0.1, 0.15) is 5.82 Å². The Bertz CT molecular complexity index is 851. The molecule has 0 aliphatic heterocycles. The van der Waals surface area contributed by atoms with Crippen molar-refractivity contribution in [2.45, 2.75) is 0 Å². The van der Waals surface area contributed by atoms with Crippen LogP contribution in [0.5, 0.6) is 0 Å². The first kappa shape index (κ1) is 18.5. The van der Waals surface area contributed by atoms with Crippen molar-refractivity contribution in [2.75, 3.05) is 37.0 Å². The third-order valence-corrected chi connectivity index (χ3v) is 4.43. The molecule has 0 aliphatic carbocycles. The van der Waals surface area contributed by atoms with Crippen molar-refractivity contribution in [3.05, 3.63) is 84.6 Å². The molecule has 0 bridgehead atoms. The summed E-state index contributed by atoms with van der Waals surface area (Å²) in [4.78, 5) is 20.8. The van der Waals surface area contributed by atoms with E-state index in [0.29, 0.717) is 12.1 Å². The Labute approximate surface area is 160 Å². The molecule has 1 aromatic heterocycles. The van der Waals surface area contributed by atoms with E-state index in [2.05, 4.69) is 15.2 Å². The van der Waals surface area contributed by atoms with Gasteiger partial charge >= 0.3 is 0 Å². The summed E-state index contributed by atoms with van der Waals surface area (Å²) in [5.74, 6) is 0.680. The highest BCUT2D eigenvalue weighted by Crippen LogP contribution is 2.20. The van der Waals surface area contributed by atoms with Gasteiger partial charge in [0.05, 0.1) is 5.56 Å². The van der Waals surface area contributed by atoms with Gasteiger partial charge in [-0.3, -0.25) is 4.79 Å². The second kappa shape index (κ2) is 8.85. The van der Waals surface area contributed by atoms with Gasteiger partial charge in [0.25, 0.3) is 5.91 Å². The van der Waals surface area contributed by atoms with Crippen molar-refractivity contribution >= 4 is 23.1 Å². The lowest BCUT2D eigenvalue weighted by molar-refractivity contribution is 0.0954. The summed E-state index contributed by atoms with van der Waals surface area (Å²) in [5, 5.41) is 2.95. The molecule has 2 aromatic carbocycles. The first-order valence-corrected chi connectivity index (χ1v) is 8.94. The maximum atomic E-state index is 12.3. The second-order valence-corrected chi connectivity index (χ2v) is 6.31. The van der Waals surface area contributed by atoms with Crippen LogP contribution < -0.4 is 15.1 Å². The van der Waals surface area contributed by atoms with E-state index in [0.717, 1.165) is 23.7 Å². The van der Waals surface area contributed by atoms with Crippen LogP contribution in [0.15, 0.2) is 79.0 Å². The number of likely N-dealkylation sites (N-methyl/N-ethyl adjacent to an activating group) is 1. The number of rotatable bonds is 7. The Balaban J connectivity index is 1.53. The fourth-order valence-electron chi connectivity index (χ4n) is 2.75. The van der Waals surface area contributed by atoms with Crippen LogP contribution in [0, 0.1) is 0 Å². The maximum Gasteiger partial charge on any atom is 0.252 e. The fraction of sp³-hybridized carbons (Fsp3) is 0.182. The summed E-state index contributed by atoms with van der Waals surface area (Å²) in [6.45, 7) is 1.30. The molecule has 0 radical (unpaired) electrons. The molecule has 0 saturated carbocycles.